The average molecular weight is 251 g/mol. The average Bonchev–Trinajstić information content (AvgIpc) is 2.28. The molecule has 0 radical (unpaired) electrons. The van der Waals surface area contributed by atoms with Gasteiger partial charge in [0.15, 0.2) is 0 Å². The van der Waals surface area contributed by atoms with Crippen LogP contribution >= 0.6 is 0 Å². The van der Waals surface area contributed by atoms with Crippen LogP contribution in [0.4, 0.5) is 0 Å². The van der Waals surface area contributed by atoms with Gasteiger partial charge in [-0.3, -0.25) is 0 Å². The molecule has 0 amide bonds. The summed E-state index contributed by atoms with van der Waals surface area (Å²) in [4.78, 5) is 0. The lowest BCUT2D eigenvalue weighted by Crippen LogP contribution is -2.44. The van der Waals surface area contributed by atoms with Gasteiger partial charge < -0.3 is 23.3 Å². The van der Waals surface area contributed by atoms with Crippen LogP contribution in [0.3, 0.4) is 0 Å². The van der Waals surface area contributed by atoms with Gasteiger partial charge in [-0.1, -0.05) is 13.3 Å². The van der Waals surface area contributed by atoms with Crippen molar-refractivity contribution in [3.63, 3.8) is 0 Å². The zero-order chi connectivity index (χ0) is 12.4. The number of hydrogen-bond donors (Lipinski definition) is 1. The Morgan fingerprint density at radius 1 is 1.25 bits per heavy atom. The van der Waals surface area contributed by atoms with Gasteiger partial charge in [0.25, 0.3) is 0 Å². The minimum atomic E-state index is -2.48. The molecule has 0 heterocycles. The molecule has 0 aliphatic rings. The topological polar surface area (TPSA) is 49.0 Å². The van der Waals surface area contributed by atoms with E-state index >= 15 is 0 Å². The van der Waals surface area contributed by atoms with Crippen molar-refractivity contribution in [3.8, 4) is 0 Å². The second kappa shape index (κ2) is 9.09. The molecule has 0 rings (SSSR count). The van der Waals surface area contributed by atoms with Crippen LogP contribution in [-0.4, -0.2) is 49.5 Å². The van der Waals surface area contributed by atoms with Crippen molar-refractivity contribution in [3.05, 3.63) is 0 Å². The van der Waals surface area contributed by atoms with Gasteiger partial charge >= 0.3 is 8.80 Å². The van der Waals surface area contributed by atoms with Gasteiger partial charge in [-0.15, -0.1) is 0 Å². The van der Waals surface area contributed by atoms with Crippen LogP contribution in [-0.2, 0) is 18.0 Å². The first-order valence-electron chi connectivity index (χ1n) is 5.64. The molecule has 0 aliphatic heterocycles. The zero-order valence-corrected chi connectivity index (χ0v) is 12.0. The fourth-order valence-electron chi connectivity index (χ4n) is 1.37. The van der Waals surface area contributed by atoms with Crippen molar-refractivity contribution >= 4 is 8.80 Å². The summed E-state index contributed by atoms with van der Waals surface area (Å²) in [7, 11) is 2.67. The highest BCUT2D eigenvalue weighted by molar-refractivity contribution is 6.60. The lowest BCUT2D eigenvalue weighted by Gasteiger charge is -2.26. The summed E-state index contributed by atoms with van der Waals surface area (Å²) < 4.78 is 21.8. The number of ether oxygens (including phenoxy) is 1. The van der Waals surface area contributed by atoms with Crippen LogP contribution in [0.5, 0.6) is 0 Å². The van der Waals surface area contributed by atoms with Gasteiger partial charge in [-0.2, -0.15) is 0 Å². The summed E-state index contributed by atoms with van der Waals surface area (Å²) >= 11 is 0. The molecule has 5 nitrogen and oxygen atoms in total. The highest BCUT2D eigenvalue weighted by Gasteiger charge is 2.38. The molecule has 0 aromatic carbocycles. The fourth-order valence-corrected chi connectivity index (χ4v) is 3.18. The van der Waals surface area contributed by atoms with E-state index in [1.807, 2.05) is 14.0 Å². The lowest BCUT2D eigenvalue weighted by atomic mass is 10.4. The van der Waals surface area contributed by atoms with Crippen LogP contribution in [0.1, 0.15) is 20.3 Å². The summed E-state index contributed by atoms with van der Waals surface area (Å²) in [5.41, 5.74) is 0. The Morgan fingerprint density at radius 2 is 1.88 bits per heavy atom. The standard InChI is InChI=1S/C10H25NO4Si/c1-6-7-16(12-4,13-5)15-9-14-10(2)8-11-3/h10-11H,6-9H2,1-5H3. The minimum Gasteiger partial charge on any atom is -0.377 e. The first-order chi connectivity index (χ1) is 7.64. The van der Waals surface area contributed by atoms with E-state index in [1.165, 1.54) is 0 Å². The van der Waals surface area contributed by atoms with Crippen molar-refractivity contribution in [2.45, 2.75) is 32.4 Å². The maximum absolute atomic E-state index is 5.63. The highest BCUT2D eigenvalue weighted by atomic mass is 28.4. The molecular weight excluding hydrogens is 226 g/mol. The van der Waals surface area contributed by atoms with E-state index in [9.17, 15) is 0 Å². The van der Waals surface area contributed by atoms with Crippen LogP contribution in [0, 0.1) is 0 Å². The Hall–Kier alpha value is 0.0169. The third-order valence-electron chi connectivity index (χ3n) is 2.30. The van der Waals surface area contributed by atoms with E-state index in [0.717, 1.165) is 19.0 Å². The number of likely N-dealkylation sites (N-methyl/N-ethyl adjacent to an activating group) is 1. The van der Waals surface area contributed by atoms with Crippen LogP contribution in [0.25, 0.3) is 0 Å². The molecule has 0 spiro atoms. The second-order valence-electron chi connectivity index (χ2n) is 3.64. The van der Waals surface area contributed by atoms with Gasteiger partial charge in [0, 0.05) is 26.8 Å². The van der Waals surface area contributed by atoms with Crippen LogP contribution < -0.4 is 5.32 Å². The Kier molecular flexibility index (Phi) is 9.10. The number of nitrogens with one attached hydrogen (secondary N) is 1. The lowest BCUT2D eigenvalue weighted by molar-refractivity contribution is -0.0617. The van der Waals surface area contributed by atoms with E-state index < -0.39 is 8.80 Å². The fraction of sp³-hybridized carbons (Fsp3) is 1.00. The summed E-state index contributed by atoms with van der Waals surface area (Å²) in [6.45, 7) is 5.08. The molecule has 0 aromatic rings. The van der Waals surface area contributed by atoms with Crippen molar-refractivity contribution in [1.82, 2.24) is 5.32 Å². The highest BCUT2D eigenvalue weighted by Crippen LogP contribution is 2.15. The summed E-state index contributed by atoms with van der Waals surface area (Å²) in [5.74, 6) is 0. The molecular formula is C10H25NO4Si. The van der Waals surface area contributed by atoms with E-state index in [2.05, 4.69) is 12.2 Å². The van der Waals surface area contributed by atoms with Crippen molar-refractivity contribution < 1.29 is 18.0 Å². The third-order valence-corrected chi connectivity index (χ3v) is 5.22. The third kappa shape index (κ3) is 5.93. The van der Waals surface area contributed by atoms with Crippen molar-refractivity contribution in [1.29, 1.82) is 0 Å². The van der Waals surface area contributed by atoms with E-state index in [4.69, 9.17) is 18.0 Å². The molecule has 0 bridgehead atoms. The Labute approximate surface area is 99.8 Å². The smallest absolute Gasteiger partial charge is 0.377 e. The monoisotopic (exact) mass is 251 g/mol. The van der Waals surface area contributed by atoms with Gasteiger partial charge in [-0.25, -0.2) is 0 Å². The quantitative estimate of drug-likeness (QED) is 0.467. The number of rotatable bonds is 10. The van der Waals surface area contributed by atoms with Crippen molar-refractivity contribution in [2.24, 2.45) is 0 Å². The molecule has 6 heteroatoms. The maximum Gasteiger partial charge on any atom is 0.502 e. The molecule has 98 valence electrons. The first kappa shape index (κ1) is 16.0. The SMILES string of the molecule is CCC[Si](OC)(OC)OCOC(C)CNC. The molecule has 1 N–H and O–H groups in total. The molecule has 0 saturated heterocycles. The normalized spacial score (nSPS) is 14.1. The van der Waals surface area contributed by atoms with Crippen LogP contribution in [0.2, 0.25) is 6.04 Å². The molecule has 0 fully saturated rings. The molecule has 0 saturated carbocycles. The number of hydrogen-bond acceptors (Lipinski definition) is 5. The van der Waals surface area contributed by atoms with E-state index in [0.29, 0.717) is 0 Å². The van der Waals surface area contributed by atoms with Crippen LogP contribution in [0.15, 0.2) is 0 Å². The predicted molar refractivity (Wildman–Crippen MR) is 65.3 cm³/mol. The molecule has 1 atom stereocenters. The van der Waals surface area contributed by atoms with Crippen molar-refractivity contribution in [2.75, 3.05) is 34.6 Å². The largest absolute Gasteiger partial charge is 0.502 e. The maximum atomic E-state index is 5.63. The Morgan fingerprint density at radius 3 is 2.31 bits per heavy atom. The molecule has 0 aromatic heterocycles. The summed E-state index contributed by atoms with van der Waals surface area (Å²) in [5, 5.41) is 3.04. The first-order valence-corrected chi connectivity index (χ1v) is 7.57. The predicted octanol–water partition coefficient (Wildman–Crippen LogP) is 1.23. The summed E-state index contributed by atoms with van der Waals surface area (Å²) in [6, 6.07) is 0.809. The van der Waals surface area contributed by atoms with E-state index in [-0.39, 0.29) is 12.9 Å². The molecule has 1 unspecified atom stereocenters. The van der Waals surface area contributed by atoms with Gasteiger partial charge in [-0.05, 0) is 14.0 Å². The molecule has 0 aliphatic carbocycles. The van der Waals surface area contributed by atoms with Gasteiger partial charge in [0.1, 0.15) is 6.79 Å². The second-order valence-corrected chi connectivity index (χ2v) is 6.61. The Balaban J connectivity index is 3.92. The van der Waals surface area contributed by atoms with Gasteiger partial charge in [0.05, 0.1) is 6.10 Å². The van der Waals surface area contributed by atoms with Gasteiger partial charge in [0.2, 0.25) is 0 Å². The van der Waals surface area contributed by atoms with E-state index in [1.54, 1.807) is 14.2 Å². The summed E-state index contributed by atoms with van der Waals surface area (Å²) in [6.07, 6.45) is 1.09. The zero-order valence-electron chi connectivity index (χ0n) is 11.0. The Bertz CT molecular complexity index is 167. The minimum absolute atomic E-state index is 0.118. The molecule has 16 heavy (non-hydrogen) atoms.